The van der Waals surface area contributed by atoms with E-state index in [-0.39, 0.29) is 17.4 Å². The number of nitrogens with zero attached hydrogens (tertiary/aromatic N) is 1. The second-order valence-corrected chi connectivity index (χ2v) is 6.70. The fraction of sp³-hybridized carbons (Fsp3) is 0.381. The van der Waals surface area contributed by atoms with Gasteiger partial charge in [-0.3, -0.25) is 4.79 Å². The molecule has 144 valence electrons. The van der Waals surface area contributed by atoms with Crippen molar-refractivity contribution in [1.82, 2.24) is 0 Å². The Balaban J connectivity index is 1.68. The number of carbonyl (C=O) groups is 1. The molecule has 0 amide bonds. The van der Waals surface area contributed by atoms with Crippen LogP contribution < -0.4 is 19.7 Å². The molecule has 6 heteroatoms. The molecule has 0 aliphatic carbocycles. The summed E-state index contributed by atoms with van der Waals surface area (Å²) in [6.45, 7) is 2.91. The van der Waals surface area contributed by atoms with Gasteiger partial charge in [-0.15, -0.1) is 0 Å². The lowest BCUT2D eigenvalue weighted by Crippen LogP contribution is -2.39. The first-order valence-electron chi connectivity index (χ1n) is 9.06. The zero-order valence-electron chi connectivity index (χ0n) is 15.9. The summed E-state index contributed by atoms with van der Waals surface area (Å²) >= 11 is 0. The van der Waals surface area contributed by atoms with E-state index < -0.39 is 5.82 Å². The van der Waals surface area contributed by atoms with E-state index in [1.54, 1.807) is 20.3 Å². The largest absolute Gasteiger partial charge is 0.497 e. The van der Waals surface area contributed by atoms with Gasteiger partial charge in [0.25, 0.3) is 0 Å². The number of hydrogen-bond donors (Lipinski definition) is 1. The van der Waals surface area contributed by atoms with Crippen LogP contribution in [0.25, 0.3) is 0 Å². The molecule has 1 saturated heterocycles. The molecule has 2 aromatic carbocycles. The molecule has 0 spiro atoms. The summed E-state index contributed by atoms with van der Waals surface area (Å²) in [5, 5.41) is 3.52. The Morgan fingerprint density at radius 3 is 2.30 bits per heavy atom. The molecule has 0 atom stereocenters. The van der Waals surface area contributed by atoms with E-state index >= 15 is 0 Å². The lowest BCUT2D eigenvalue weighted by Gasteiger charge is -2.35. The lowest BCUT2D eigenvalue weighted by molar-refractivity contribution is 0.101. The standard InChI is InChI=1S/C21H25FN2O3/c1-14(25)21-19(22)5-4-6-20(21)24-9-7-15(8-10-24)23-16-11-17(26-2)13-18(12-16)27-3/h4-6,11-13,15,23H,7-10H2,1-3H3. The van der Waals surface area contributed by atoms with Gasteiger partial charge in [0.2, 0.25) is 0 Å². The number of anilines is 2. The second-order valence-electron chi connectivity index (χ2n) is 6.70. The minimum Gasteiger partial charge on any atom is -0.497 e. The molecule has 1 aliphatic heterocycles. The minimum atomic E-state index is -0.455. The Morgan fingerprint density at radius 2 is 1.74 bits per heavy atom. The van der Waals surface area contributed by atoms with Gasteiger partial charge in [0.15, 0.2) is 5.78 Å². The van der Waals surface area contributed by atoms with Crippen LogP contribution >= 0.6 is 0 Å². The van der Waals surface area contributed by atoms with Crippen molar-refractivity contribution in [3.8, 4) is 11.5 Å². The Morgan fingerprint density at radius 1 is 1.11 bits per heavy atom. The summed E-state index contributed by atoms with van der Waals surface area (Å²) in [7, 11) is 3.26. The third-order valence-electron chi connectivity index (χ3n) is 4.90. The first-order chi connectivity index (χ1) is 13.0. The summed E-state index contributed by atoms with van der Waals surface area (Å²) in [6.07, 6.45) is 1.76. The van der Waals surface area contributed by atoms with Gasteiger partial charge in [-0.05, 0) is 31.9 Å². The quantitative estimate of drug-likeness (QED) is 0.773. The number of ketones is 1. The Hall–Kier alpha value is -2.76. The van der Waals surface area contributed by atoms with Crippen molar-refractivity contribution < 1.29 is 18.7 Å². The number of benzene rings is 2. The first-order valence-corrected chi connectivity index (χ1v) is 9.06. The van der Waals surface area contributed by atoms with Crippen molar-refractivity contribution in [3.63, 3.8) is 0 Å². The van der Waals surface area contributed by atoms with Gasteiger partial charge < -0.3 is 19.7 Å². The van der Waals surface area contributed by atoms with Gasteiger partial charge in [0, 0.05) is 43.0 Å². The maximum Gasteiger partial charge on any atom is 0.164 e. The summed E-state index contributed by atoms with van der Waals surface area (Å²) in [5.74, 6) is 0.774. The maximum atomic E-state index is 14.1. The first kappa shape index (κ1) is 19.0. The van der Waals surface area contributed by atoms with Crippen molar-refractivity contribution in [2.45, 2.75) is 25.8 Å². The predicted octanol–water partition coefficient (Wildman–Crippen LogP) is 4.13. The number of ether oxygens (including phenoxy) is 2. The van der Waals surface area contributed by atoms with Crippen LogP contribution in [0.2, 0.25) is 0 Å². The highest BCUT2D eigenvalue weighted by Crippen LogP contribution is 2.30. The SMILES string of the molecule is COc1cc(NC2CCN(c3cccc(F)c3C(C)=O)CC2)cc(OC)c1. The third kappa shape index (κ3) is 4.32. The molecule has 1 N–H and O–H groups in total. The predicted molar refractivity (Wildman–Crippen MR) is 105 cm³/mol. The molecule has 27 heavy (non-hydrogen) atoms. The molecule has 0 radical (unpaired) electrons. The number of rotatable bonds is 6. The van der Waals surface area contributed by atoms with E-state index in [4.69, 9.17) is 9.47 Å². The van der Waals surface area contributed by atoms with Crippen LogP contribution in [0.5, 0.6) is 11.5 Å². The molecular weight excluding hydrogens is 347 g/mol. The summed E-state index contributed by atoms with van der Waals surface area (Å²) in [5.41, 5.74) is 1.81. The number of Topliss-reactive ketones (excluding diaryl/α,β-unsaturated/α-hetero) is 1. The van der Waals surface area contributed by atoms with Crippen molar-refractivity contribution >= 4 is 17.2 Å². The zero-order valence-corrected chi connectivity index (χ0v) is 15.9. The second kappa shape index (κ2) is 8.29. The van der Waals surface area contributed by atoms with E-state index in [0.717, 1.165) is 43.1 Å². The average molecular weight is 372 g/mol. The lowest BCUT2D eigenvalue weighted by atomic mass is 10.0. The maximum absolute atomic E-state index is 14.1. The summed E-state index contributed by atoms with van der Waals surface area (Å²) < 4.78 is 24.7. The summed E-state index contributed by atoms with van der Waals surface area (Å²) in [6, 6.07) is 10.8. The number of methoxy groups -OCH3 is 2. The van der Waals surface area contributed by atoms with Crippen LogP contribution in [-0.4, -0.2) is 39.1 Å². The van der Waals surface area contributed by atoms with Gasteiger partial charge in [0.1, 0.15) is 17.3 Å². The molecule has 5 nitrogen and oxygen atoms in total. The van der Waals surface area contributed by atoms with Crippen LogP contribution in [0.4, 0.5) is 15.8 Å². The molecule has 0 bridgehead atoms. The number of nitrogens with one attached hydrogen (secondary N) is 1. The highest BCUT2D eigenvalue weighted by Gasteiger charge is 2.23. The number of halogens is 1. The fourth-order valence-electron chi connectivity index (χ4n) is 3.52. The number of carbonyl (C=O) groups excluding carboxylic acids is 1. The Labute approximate surface area is 159 Å². The van der Waals surface area contributed by atoms with Gasteiger partial charge in [-0.1, -0.05) is 6.07 Å². The van der Waals surface area contributed by atoms with Crippen LogP contribution in [0.15, 0.2) is 36.4 Å². The van der Waals surface area contributed by atoms with Crippen molar-refractivity contribution in [1.29, 1.82) is 0 Å². The van der Waals surface area contributed by atoms with E-state index in [9.17, 15) is 9.18 Å². The van der Waals surface area contributed by atoms with Crippen molar-refractivity contribution in [2.75, 3.05) is 37.5 Å². The summed E-state index contributed by atoms with van der Waals surface area (Å²) in [4.78, 5) is 13.9. The van der Waals surface area contributed by atoms with E-state index in [1.807, 2.05) is 24.3 Å². The van der Waals surface area contributed by atoms with Gasteiger partial charge in [-0.25, -0.2) is 4.39 Å². The van der Waals surface area contributed by atoms with Crippen molar-refractivity contribution in [2.24, 2.45) is 0 Å². The molecule has 2 aromatic rings. The zero-order chi connectivity index (χ0) is 19.4. The van der Waals surface area contributed by atoms with Crippen LogP contribution in [0, 0.1) is 5.82 Å². The fourth-order valence-corrected chi connectivity index (χ4v) is 3.52. The van der Waals surface area contributed by atoms with E-state index in [1.165, 1.54) is 13.0 Å². The molecule has 3 rings (SSSR count). The Bertz CT molecular complexity index is 795. The normalized spacial score (nSPS) is 14.7. The molecule has 1 fully saturated rings. The smallest absolute Gasteiger partial charge is 0.164 e. The topological polar surface area (TPSA) is 50.8 Å². The van der Waals surface area contributed by atoms with Gasteiger partial charge in [-0.2, -0.15) is 0 Å². The van der Waals surface area contributed by atoms with E-state index in [2.05, 4.69) is 10.2 Å². The third-order valence-corrected chi connectivity index (χ3v) is 4.90. The van der Waals surface area contributed by atoms with E-state index in [0.29, 0.717) is 5.69 Å². The number of hydrogen-bond acceptors (Lipinski definition) is 5. The molecule has 0 unspecified atom stereocenters. The van der Waals surface area contributed by atoms with Crippen LogP contribution in [0.3, 0.4) is 0 Å². The molecule has 0 aromatic heterocycles. The molecule has 0 saturated carbocycles. The molecular formula is C21H25FN2O3. The van der Waals surface area contributed by atoms with Crippen molar-refractivity contribution in [3.05, 3.63) is 47.8 Å². The molecule has 1 heterocycles. The van der Waals surface area contributed by atoms with Crippen LogP contribution in [-0.2, 0) is 0 Å². The number of piperidine rings is 1. The monoisotopic (exact) mass is 372 g/mol. The highest BCUT2D eigenvalue weighted by atomic mass is 19.1. The molecule has 1 aliphatic rings. The Kier molecular flexibility index (Phi) is 5.84. The van der Waals surface area contributed by atoms with Gasteiger partial charge in [0.05, 0.1) is 25.5 Å². The minimum absolute atomic E-state index is 0.182. The average Bonchev–Trinajstić information content (AvgIpc) is 2.67. The highest BCUT2D eigenvalue weighted by molar-refractivity contribution is 6.00. The van der Waals surface area contributed by atoms with Gasteiger partial charge >= 0.3 is 0 Å². The van der Waals surface area contributed by atoms with Crippen LogP contribution in [0.1, 0.15) is 30.1 Å².